The molecule has 2 N–H and O–H groups in total. The van der Waals surface area contributed by atoms with Crippen LogP contribution in [0, 0.1) is 25.5 Å². The first kappa shape index (κ1) is 14.0. The van der Waals surface area contributed by atoms with Crippen molar-refractivity contribution in [1.29, 1.82) is 0 Å². The average molecular weight is 276 g/mol. The van der Waals surface area contributed by atoms with Crippen molar-refractivity contribution in [2.45, 2.75) is 13.8 Å². The van der Waals surface area contributed by atoms with Gasteiger partial charge < -0.3 is 10.6 Å². The molecule has 0 fully saturated rings. The van der Waals surface area contributed by atoms with Gasteiger partial charge in [-0.3, -0.25) is 0 Å². The van der Waals surface area contributed by atoms with Gasteiger partial charge in [0.05, 0.1) is 0 Å². The van der Waals surface area contributed by atoms with Gasteiger partial charge in [-0.05, 0) is 37.6 Å². The number of hydrogen-bond acceptors (Lipinski definition) is 1. The fourth-order valence-electron chi connectivity index (χ4n) is 1.84. The third kappa shape index (κ3) is 3.12. The Bertz CT molecular complexity index is 636. The number of nitrogens with one attached hydrogen (secondary N) is 2. The first-order valence-electron chi connectivity index (χ1n) is 6.06. The average Bonchev–Trinajstić information content (AvgIpc) is 2.37. The van der Waals surface area contributed by atoms with Crippen LogP contribution in [-0.4, -0.2) is 6.03 Å². The predicted octanol–water partition coefficient (Wildman–Crippen LogP) is 4.23. The number of amides is 2. The molecule has 0 atom stereocenters. The first-order valence-corrected chi connectivity index (χ1v) is 6.06. The number of rotatable bonds is 2. The summed E-state index contributed by atoms with van der Waals surface area (Å²) in [7, 11) is 0. The molecule has 2 amide bonds. The molecule has 0 bridgehead atoms. The van der Waals surface area contributed by atoms with Gasteiger partial charge in [-0.1, -0.05) is 23.8 Å². The smallest absolute Gasteiger partial charge is 0.307 e. The number of urea groups is 1. The highest BCUT2D eigenvalue weighted by Gasteiger charge is 2.12. The van der Waals surface area contributed by atoms with Crippen molar-refractivity contribution in [3.8, 4) is 0 Å². The molecule has 0 aliphatic carbocycles. The molecule has 0 radical (unpaired) electrons. The lowest BCUT2D eigenvalue weighted by molar-refractivity contribution is 0.262. The Morgan fingerprint density at radius 1 is 1.00 bits per heavy atom. The summed E-state index contributed by atoms with van der Waals surface area (Å²) in [6.07, 6.45) is 0. The molecule has 2 aromatic carbocycles. The van der Waals surface area contributed by atoms with Gasteiger partial charge in [0.1, 0.15) is 17.3 Å². The van der Waals surface area contributed by atoms with E-state index in [0.717, 1.165) is 23.3 Å². The normalized spacial score (nSPS) is 10.2. The van der Waals surface area contributed by atoms with Crippen molar-refractivity contribution in [1.82, 2.24) is 0 Å². The Morgan fingerprint density at radius 2 is 1.65 bits per heavy atom. The molecule has 104 valence electrons. The highest BCUT2D eigenvalue weighted by Crippen LogP contribution is 2.20. The topological polar surface area (TPSA) is 41.1 Å². The molecule has 5 heteroatoms. The van der Waals surface area contributed by atoms with Crippen LogP contribution >= 0.6 is 0 Å². The van der Waals surface area contributed by atoms with Gasteiger partial charge in [-0.2, -0.15) is 0 Å². The minimum Gasteiger partial charge on any atom is -0.307 e. The van der Waals surface area contributed by atoms with E-state index in [9.17, 15) is 13.6 Å². The van der Waals surface area contributed by atoms with Crippen LogP contribution < -0.4 is 10.6 Å². The third-order valence-electron chi connectivity index (χ3n) is 2.83. The largest absolute Gasteiger partial charge is 0.323 e. The van der Waals surface area contributed by atoms with Gasteiger partial charge in [-0.15, -0.1) is 0 Å². The van der Waals surface area contributed by atoms with Crippen molar-refractivity contribution >= 4 is 17.4 Å². The van der Waals surface area contributed by atoms with Gasteiger partial charge in [0.25, 0.3) is 0 Å². The molecule has 0 aromatic heterocycles. The number of halogens is 2. The van der Waals surface area contributed by atoms with Gasteiger partial charge >= 0.3 is 6.03 Å². The molecule has 0 saturated carbocycles. The molecule has 0 heterocycles. The van der Waals surface area contributed by atoms with Crippen LogP contribution in [0.4, 0.5) is 25.0 Å². The van der Waals surface area contributed by atoms with Crippen molar-refractivity contribution in [3.05, 3.63) is 59.2 Å². The monoisotopic (exact) mass is 276 g/mol. The summed E-state index contributed by atoms with van der Waals surface area (Å²) >= 11 is 0. The van der Waals surface area contributed by atoms with Crippen LogP contribution in [0.15, 0.2) is 36.4 Å². The van der Waals surface area contributed by atoms with Crippen LogP contribution in [0.3, 0.4) is 0 Å². The Labute approximate surface area is 115 Å². The van der Waals surface area contributed by atoms with Crippen molar-refractivity contribution in [2.24, 2.45) is 0 Å². The van der Waals surface area contributed by atoms with E-state index in [4.69, 9.17) is 0 Å². The number of aryl methyl sites for hydroxylation is 2. The highest BCUT2D eigenvalue weighted by molar-refractivity contribution is 6.00. The van der Waals surface area contributed by atoms with Crippen LogP contribution in [0.2, 0.25) is 0 Å². The van der Waals surface area contributed by atoms with Crippen molar-refractivity contribution < 1.29 is 13.6 Å². The summed E-state index contributed by atoms with van der Waals surface area (Å²) in [6.45, 7) is 3.78. The molecule has 2 aromatic rings. The minimum atomic E-state index is -0.819. The van der Waals surface area contributed by atoms with E-state index >= 15 is 0 Å². The van der Waals surface area contributed by atoms with Gasteiger partial charge in [0, 0.05) is 5.69 Å². The third-order valence-corrected chi connectivity index (χ3v) is 2.83. The zero-order valence-electron chi connectivity index (χ0n) is 11.1. The Kier molecular flexibility index (Phi) is 3.98. The Balaban J connectivity index is 2.13. The number of para-hydroxylation sites is 1. The molecule has 2 rings (SSSR count). The van der Waals surface area contributed by atoms with Gasteiger partial charge in [0.2, 0.25) is 0 Å². The first-order chi connectivity index (χ1) is 9.47. The predicted molar refractivity (Wildman–Crippen MR) is 74.9 cm³/mol. The summed E-state index contributed by atoms with van der Waals surface area (Å²) in [5, 5.41) is 4.73. The molecule has 3 nitrogen and oxygen atoms in total. The van der Waals surface area contributed by atoms with Crippen LogP contribution in [0.5, 0.6) is 0 Å². The van der Waals surface area contributed by atoms with E-state index in [1.807, 2.05) is 26.0 Å². The van der Waals surface area contributed by atoms with E-state index in [-0.39, 0.29) is 0 Å². The maximum Gasteiger partial charge on any atom is 0.323 e. The molecule has 20 heavy (non-hydrogen) atoms. The lowest BCUT2D eigenvalue weighted by atomic mass is 10.1. The van der Waals surface area contributed by atoms with E-state index in [2.05, 4.69) is 10.6 Å². The van der Waals surface area contributed by atoms with Crippen LogP contribution in [0.25, 0.3) is 0 Å². The number of benzene rings is 2. The van der Waals surface area contributed by atoms with E-state index < -0.39 is 23.4 Å². The maximum absolute atomic E-state index is 13.4. The van der Waals surface area contributed by atoms with Gasteiger partial charge in [-0.25, -0.2) is 13.6 Å². The number of carbonyl (C=O) groups is 1. The SMILES string of the molecule is Cc1ccc(NC(=O)Nc2c(F)cccc2F)c(C)c1. The maximum atomic E-state index is 13.4. The Hall–Kier alpha value is -2.43. The second-order valence-corrected chi connectivity index (χ2v) is 4.49. The zero-order chi connectivity index (χ0) is 14.7. The molecule has 0 unspecified atom stereocenters. The molecule has 0 spiro atoms. The lowest BCUT2D eigenvalue weighted by Crippen LogP contribution is -2.21. The standard InChI is InChI=1S/C15H14F2N2O/c1-9-6-7-13(10(2)8-9)18-15(20)19-14-11(16)4-3-5-12(14)17/h3-8H,1-2H3,(H2,18,19,20). The molecule has 0 aliphatic rings. The number of anilines is 2. The summed E-state index contributed by atoms with van der Waals surface area (Å²) in [6, 6.07) is 8.18. The highest BCUT2D eigenvalue weighted by atomic mass is 19.1. The lowest BCUT2D eigenvalue weighted by Gasteiger charge is -2.11. The van der Waals surface area contributed by atoms with Crippen molar-refractivity contribution in [2.75, 3.05) is 10.6 Å². The van der Waals surface area contributed by atoms with Gasteiger partial charge in [0.15, 0.2) is 0 Å². The van der Waals surface area contributed by atoms with E-state index in [1.54, 1.807) is 6.07 Å². The fraction of sp³-hybridized carbons (Fsp3) is 0.133. The van der Waals surface area contributed by atoms with E-state index in [1.165, 1.54) is 6.07 Å². The van der Waals surface area contributed by atoms with Crippen LogP contribution in [0.1, 0.15) is 11.1 Å². The molecular formula is C15H14F2N2O. The minimum absolute atomic E-state index is 0.463. The molecular weight excluding hydrogens is 262 g/mol. The molecule has 0 saturated heterocycles. The van der Waals surface area contributed by atoms with Crippen molar-refractivity contribution in [3.63, 3.8) is 0 Å². The Morgan fingerprint density at radius 3 is 2.25 bits per heavy atom. The zero-order valence-corrected chi connectivity index (χ0v) is 11.1. The second-order valence-electron chi connectivity index (χ2n) is 4.49. The van der Waals surface area contributed by atoms with Crippen LogP contribution in [-0.2, 0) is 0 Å². The summed E-state index contributed by atoms with van der Waals surface area (Å²) in [5.74, 6) is -1.64. The summed E-state index contributed by atoms with van der Waals surface area (Å²) in [5.41, 5.74) is 2.06. The summed E-state index contributed by atoms with van der Waals surface area (Å²) < 4.78 is 26.8. The summed E-state index contributed by atoms with van der Waals surface area (Å²) in [4.78, 5) is 11.8. The second kappa shape index (κ2) is 5.69. The van der Waals surface area contributed by atoms with E-state index in [0.29, 0.717) is 5.69 Å². The quantitative estimate of drug-likeness (QED) is 0.847. The number of carbonyl (C=O) groups excluding carboxylic acids is 1. The number of hydrogen-bond donors (Lipinski definition) is 2. The fourth-order valence-corrected chi connectivity index (χ4v) is 1.84. The molecule has 0 aliphatic heterocycles.